The molecule has 0 bridgehead atoms. The number of anilines is 1. The average Bonchev–Trinajstić information content (AvgIpc) is 3.53. The van der Waals surface area contributed by atoms with Gasteiger partial charge in [0, 0.05) is 12.6 Å². The van der Waals surface area contributed by atoms with Gasteiger partial charge in [-0.2, -0.15) is 0 Å². The number of amides is 2. The molecular formula is C33H41N3O6S. The molecule has 0 spiro atoms. The fraction of sp³-hybridized carbons (Fsp3) is 0.394. The van der Waals surface area contributed by atoms with Crippen molar-refractivity contribution in [2.75, 3.05) is 25.1 Å². The number of carbonyl (C=O) groups excluding carboxylic acids is 2. The number of sulfonamides is 1. The molecule has 3 aromatic carbocycles. The van der Waals surface area contributed by atoms with Gasteiger partial charge in [-0.1, -0.05) is 61.7 Å². The molecule has 0 radical (unpaired) electrons. The van der Waals surface area contributed by atoms with Gasteiger partial charge in [-0.3, -0.25) is 13.9 Å². The fourth-order valence-corrected chi connectivity index (χ4v) is 6.87. The van der Waals surface area contributed by atoms with Gasteiger partial charge >= 0.3 is 0 Å². The molecule has 230 valence electrons. The number of benzene rings is 3. The van der Waals surface area contributed by atoms with Crippen molar-refractivity contribution in [2.24, 2.45) is 0 Å². The molecular weight excluding hydrogens is 566 g/mol. The predicted octanol–water partition coefficient (Wildman–Crippen LogP) is 5.07. The topological polar surface area (TPSA) is 105 Å². The Bertz CT molecular complexity index is 1500. The number of ether oxygens (including phenoxy) is 2. The minimum atomic E-state index is -4.20. The molecule has 0 heterocycles. The summed E-state index contributed by atoms with van der Waals surface area (Å²) in [7, 11) is -1.19. The number of hydrogen-bond donors (Lipinski definition) is 1. The molecule has 1 unspecified atom stereocenters. The first-order valence-electron chi connectivity index (χ1n) is 14.6. The Morgan fingerprint density at radius 3 is 2.30 bits per heavy atom. The van der Waals surface area contributed by atoms with Crippen LogP contribution in [0.3, 0.4) is 0 Å². The van der Waals surface area contributed by atoms with E-state index in [0.29, 0.717) is 17.9 Å². The van der Waals surface area contributed by atoms with E-state index in [-0.39, 0.29) is 29.1 Å². The molecule has 0 aliphatic heterocycles. The van der Waals surface area contributed by atoms with Crippen LogP contribution in [0.2, 0.25) is 0 Å². The summed E-state index contributed by atoms with van der Waals surface area (Å²) in [6, 6.07) is 19.7. The SMILES string of the molecule is CCC(C(=O)NC1CCCC1)N(Cc1cccc(OC)c1)C(=O)CN(c1ccccc1OC)S(=O)(=O)c1ccc(C)cc1. The Morgan fingerprint density at radius 2 is 1.65 bits per heavy atom. The van der Waals surface area contributed by atoms with E-state index in [4.69, 9.17) is 9.47 Å². The first kappa shape index (κ1) is 31.9. The van der Waals surface area contributed by atoms with Gasteiger partial charge in [-0.25, -0.2) is 8.42 Å². The van der Waals surface area contributed by atoms with Crippen molar-refractivity contribution in [1.82, 2.24) is 10.2 Å². The molecule has 1 aliphatic rings. The van der Waals surface area contributed by atoms with Crippen LogP contribution < -0.4 is 19.1 Å². The zero-order valence-electron chi connectivity index (χ0n) is 25.3. The summed E-state index contributed by atoms with van der Waals surface area (Å²) < 4.78 is 40.2. The third-order valence-corrected chi connectivity index (χ3v) is 9.59. The van der Waals surface area contributed by atoms with Crippen LogP contribution in [0, 0.1) is 6.92 Å². The van der Waals surface area contributed by atoms with Crippen LogP contribution in [-0.4, -0.2) is 58.0 Å². The van der Waals surface area contributed by atoms with Crippen LogP contribution in [0.5, 0.6) is 11.5 Å². The summed E-state index contributed by atoms with van der Waals surface area (Å²) in [6.07, 6.45) is 4.27. The summed E-state index contributed by atoms with van der Waals surface area (Å²) in [6.45, 7) is 3.28. The van der Waals surface area contributed by atoms with E-state index in [1.807, 2.05) is 32.0 Å². The maximum atomic E-state index is 14.3. The molecule has 0 aromatic heterocycles. The van der Waals surface area contributed by atoms with Gasteiger partial charge in [0.25, 0.3) is 10.0 Å². The Balaban J connectivity index is 1.75. The van der Waals surface area contributed by atoms with Crippen molar-refractivity contribution >= 4 is 27.5 Å². The molecule has 1 aliphatic carbocycles. The van der Waals surface area contributed by atoms with Gasteiger partial charge in [0.15, 0.2) is 0 Å². The lowest BCUT2D eigenvalue weighted by atomic mass is 10.1. The van der Waals surface area contributed by atoms with Crippen molar-refractivity contribution in [2.45, 2.75) is 69.5 Å². The standard InChI is InChI=1S/C33H41N3O6S/c1-5-29(33(38)34-26-12-6-7-13-26)35(22-25-11-10-14-27(21-25)41-3)32(37)23-36(30-15-8-9-16-31(30)42-4)43(39,40)28-19-17-24(2)18-20-28/h8-11,14-21,26,29H,5-7,12-13,22-23H2,1-4H3,(H,34,38). The number of para-hydroxylation sites is 2. The van der Waals surface area contributed by atoms with E-state index in [2.05, 4.69) is 5.32 Å². The lowest BCUT2D eigenvalue weighted by Crippen LogP contribution is -2.53. The number of nitrogens with one attached hydrogen (secondary N) is 1. The zero-order chi connectivity index (χ0) is 31.0. The minimum Gasteiger partial charge on any atom is -0.497 e. The number of aryl methyl sites for hydroxylation is 1. The highest BCUT2D eigenvalue weighted by atomic mass is 32.2. The maximum absolute atomic E-state index is 14.3. The molecule has 3 aromatic rings. The van der Waals surface area contributed by atoms with Gasteiger partial charge in [-0.05, 0) is 68.1 Å². The molecule has 4 rings (SSSR count). The van der Waals surface area contributed by atoms with Gasteiger partial charge in [0.05, 0.1) is 24.8 Å². The number of hydrogen-bond acceptors (Lipinski definition) is 6. The highest BCUT2D eigenvalue weighted by Crippen LogP contribution is 2.33. The van der Waals surface area contributed by atoms with Crippen LogP contribution in [0.1, 0.15) is 50.2 Å². The first-order valence-corrected chi connectivity index (χ1v) is 16.1. The van der Waals surface area contributed by atoms with E-state index in [1.165, 1.54) is 24.1 Å². The summed E-state index contributed by atoms with van der Waals surface area (Å²) in [5, 5.41) is 3.13. The van der Waals surface area contributed by atoms with E-state index in [0.717, 1.165) is 41.1 Å². The van der Waals surface area contributed by atoms with E-state index in [1.54, 1.807) is 49.6 Å². The minimum absolute atomic E-state index is 0.0437. The normalized spacial score (nSPS) is 14.1. The third kappa shape index (κ3) is 7.67. The second-order valence-electron chi connectivity index (χ2n) is 10.8. The Labute approximate surface area is 254 Å². The lowest BCUT2D eigenvalue weighted by molar-refractivity contribution is -0.140. The molecule has 1 fully saturated rings. The highest BCUT2D eigenvalue weighted by molar-refractivity contribution is 7.92. The second kappa shape index (κ2) is 14.4. The fourth-order valence-electron chi connectivity index (χ4n) is 5.44. The van der Waals surface area contributed by atoms with Crippen molar-refractivity contribution in [1.29, 1.82) is 0 Å². The average molecular weight is 608 g/mol. The molecule has 1 atom stereocenters. The van der Waals surface area contributed by atoms with Gasteiger partial charge in [0.1, 0.15) is 24.1 Å². The van der Waals surface area contributed by atoms with Crippen molar-refractivity contribution in [3.63, 3.8) is 0 Å². The Hall–Kier alpha value is -4.05. The van der Waals surface area contributed by atoms with Crippen LogP contribution in [0.15, 0.2) is 77.7 Å². The Kier molecular flexibility index (Phi) is 10.7. The second-order valence-corrected chi connectivity index (χ2v) is 12.6. The monoisotopic (exact) mass is 607 g/mol. The van der Waals surface area contributed by atoms with Crippen LogP contribution >= 0.6 is 0 Å². The largest absolute Gasteiger partial charge is 0.497 e. The molecule has 0 saturated heterocycles. The van der Waals surface area contributed by atoms with Crippen LogP contribution in [-0.2, 0) is 26.2 Å². The molecule has 43 heavy (non-hydrogen) atoms. The van der Waals surface area contributed by atoms with Crippen molar-refractivity contribution in [3.8, 4) is 11.5 Å². The summed E-state index contributed by atoms with van der Waals surface area (Å²) >= 11 is 0. The number of carbonyl (C=O) groups is 2. The van der Waals surface area contributed by atoms with E-state index in [9.17, 15) is 18.0 Å². The number of nitrogens with zero attached hydrogens (tertiary/aromatic N) is 2. The lowest BCUT2D eigenvalue weighted by Gasteiger charge is -2.34. The molecule has 10 heteroatoms. The number of rotatable bonds is 13. The third-order valence-electron chi connectivity index (χ3n) is 7.82. The molecule has 1 N–H and O–H groups in total. The molecule has 1 saturated carbocycles. The van der Waals surface area contributed by atoms with E-state index < -0.39 is 28.5 Å². The van der Waals surface area contributed by atoms with Crippen molar-refractivity contribution in [3.05, 3.63) is 83.9 Å². The smallest absolute Gasteiger partial charge is 0.264 e. The maximum Gasteiger partial charge on any atom is 0.264 e. The summed E-state index contributed by atoms with van der Waals surface area (Å²) in [5.74, 6) is 0.163. The molecule has 2 amide bonds. The van der Waals surface area contributed by atoms with Crippen molar-refractivity contribution < 1.29 is 27.5 Å². The Morgan fingerprint density at radius 1 is 0.953 bits per heavy atom. The number of methoxy groups -OCH3 is 2. The quantitative estimate of drug-likeness (QED) is 0.291. The molecule has 9 nitrogen and oxygen atoms in total. The first-order chi connectivity index (χ1) is 20.7. The van der Waals surface area contributed by atoms with Gasteiger partial charge in [0.2, 0.25) is 11.8 Å². The zero-order valence-corrected chi connectivity index (χ0v) is 26.1. The van der Waals surface area contributed by atoms with E-state index >= 15 is 0 Å². The predicted molar refractivity (Wildman–Crippen MR) is 167 cm³/mol. The highest BCUT2D eigenvalue weighted by Gasteiger charge is 2.35. The van der Waals surface area contributed by atoms with Gasteiger partial charge in [-0.15, -0.1) is 0 Å². The van der Waals surface area contributed by atoms with Gasteiger partial charge < -0.3 is 19.7 Å². The van der Waals surface area contributed by atoms with Crippen LogP contribution in [0.25, 0.3) is 0 Å². The van der Waals surface area contributed by atoms with Crippen LogP contribution in [0.4, 0.5) is 5.69 Å². The summed E-state index contributed by atoms with van der Waals surface area (Å²) in [5.41, 5.74) is 1.89. The summed E-state index contributed by atoms with van der Waals surface area (Å²) in [4.78, 5) is 29.5.